The fourth-order valence-corrected chi connectivity index (χ4v) is 6.53. The number of hydrogen-bond acceptors (Lipinski definition) is 6. The summed E-state index contributed by atoms with van der Waals surface area (Å²) in [5, 5.41) is 27.2. The molecule has 0 aliphatic rings. The van der Waals surface area contributed by atoms with Crippen LogP contribution in [-0.2, 0) is 9.47 Å². The van der Waals surface area contributed by atoms with E-state index in [-0.39, 0.29) is 0 Å². The third kappa shape index (κ3) is 32.6. The lowest BCUT2D eigenvalue weighted by Crippen LogP contribution is -2.25. The summed E-state index contributed by atoms with van der Waals surface area (Å²) in [5.41, 5.74) is 1.91. The van der Waals surface area contributed by atoms with Crippen LogP contribution in [0.25, 0.3) is 0 Å². The Hall–Kier alpha value is -1.34. The summed E-state index contributed by atoms with van der Waals surface area (Å²) in [6, 6.07) is 7.96. The normalized spacial score (nSPS) is 12.7. The molecule has 50 heavy (non-hydrogen) atoms. The highest BCUT2D eigenvalue weighted by Crippen LogP contribution is 2.16. The molecule has 1 rings (SSSR count). The van der Waals surface area contributed by atoms with Gasteiger partial charge in [-0.1, -0.05) is 181 Å². The van der Waals surface area contributed by atoms with Crippen LogP contribution in [0.3, 0.4) is 0 Å². The fourth-order valence-electron chi connectivity index (χ4n) is 6.53. The van der Waals surface area contributed by atoms with Gasteiger partial charge in [-0.2, -0.15) is 0 Å². The number of hydrogen-bond donors (Lipinski definition) is 4. The highest BCUT2D eigenvalue weighted by atomic mass is 16.5. The van der Waals surface area contributed by atoms with Crippen molar-refractivity contribution < 1.29 is 19.7 Å². The van der Waals surface area contributed by atoms with E-state index in [2.05, 4.69) is 24.5 Å². The van der Waals surface area contributed by atoms with E-state index in [0.29, 0.717) is 26.3 Å². The average Bonchev–Trinajstić information content (AvgIpc) is 3.13. The molecule has 0 bridgehead atoms. The van der Waals surface area contributed by atoms with Crippen LogP contribution in [0, 0.1) is 0 Å². The van der Waals surface area contributed by atoms with Crippen molar-refractivity contribution in [3.8, 4) is 0 Å². The minimum absolute atomic E-state index is 0.366. The zero-order chi connectivity index (χ0) is 36.0. The summed E-state index contributed by atoms with van der Waals surface area (Å²) >= 11 is 0. The van der Waals surface area contributed by atoms with E-state index in [4.69, 9.17) is 9.47 Å². The molecular formula is C44H84N2O4. The number of rotatable bonds is 40. The smallest absolute Gasteiger partial charge is 0.0945 e. The van der Waals surface area contributed by atoms with Crippen LogP contribution >= 0.6 is 0 Å². The van der Waals surface area contributed by atoms with Gasteiger partial charge in [0, 0.05) is 37.7 Å². The van der Waals surface area contributed by atoms with Crippen LogP contribution in [0.4, 0.5) is 11.4 Å². The van der Waals surface area contributed by atoms with Crippen LogP contribution in [0.2, 0.25) is 0 Å². The van der Waals surface area contributed by atoms with Gasteiger partial charge in [-0.05, 0) is 37.1 Å². The molecule has 0 fully saturated rings. The number of aliphatic hydroxyl groups excluding tert-OH is 2. The fraction of sp³-hybridized carbons (Fsp3) is 0.864. The molecule has 0 spiro atoms. The zero-order valence-electron chi connectivity index (χ0n) is 33.2. The van der Waals surface area contributed by atoms with Gasteiger partial charge in [0.15, 0.2) is 0 Å². The Morgan fingerprint density at radius 2 is 0.640 bits per heavy atom. The Bertz CT molecular complexity index is 728. The Balaban J connectivity index is 1.88. The van der Waals surface area contributed by atoms with Crippen molar-refractivity contribution in [2.75, 3.05) is 50.2 Å². The van der Waals surface area contributed by atoms with Gasteiger partial charge >= 0.3 is 0 Å². The highest BCUT2D eigenvalue weighted by Gasteiger charge is 2.06. The Morgan fingerprint density at radius 3 is 0.900 bits per heavy atom. The minimum atomic E-state index is -0.529. The van der Waals surface area contributed by atoms with Crippen molar-refractivity contribution in [1.29, 1.82) is 0 Å². The number of aliphatic hydroxyl groups is 2. The highest BCUT2D eigenvalue weighted by molar-refractivity contribution is 5.53. The molecule has 294 valence electrons. The van der Waals surface area contributed by atoms with E-state index < -0.39 is 12.2 Å². The first kappa shape index (κ1) is 46.7. The zero-order valence-corrected chi connectivity index (χ0v) is 33.2. The Morgan fingerprint density at radius 1 is 0.400 bits per heavy atom. The second kappa shape index (κ2) is 37.4. The Kier molecular flexibility index (Phi) is 34.9. The average molecular weight is 705 g/mol. The van der Waals surface area contributed by atoms with Crippen LogP contribution in [-0.4, -0.2) is 61.9 Å². The number of unbranched alkanes of at least 4 members (excludes halogenated alkanes) is 26. The monoisotopic (exact) mass is 705 g/mol. The Labute approximate surface area is 310 Å². The molecule has 0 saturated carbocycles. The van der Waals surface area contributed by atoms with Crippen molar-refractivity contribution >= 4 is 11.4 Å². The second-order valence-electron chi connectivity index (χ2n) is 15.0. The molecular weight excluding hydrogens is 620 g/mol. The van der Waals surface area contributed by atoms with Crippen LogP contribution in [0.1, 0.15) is 194 Å². The van der Waals surface area contributed by atoms with E-state index in [1.54, 1.807) is 0 Å². The number of benzene rings is 1. The summed E-state index contributed by atoms with van der Waals surface area (Å²) in [5.74, 6) is 0. The van der Waals surface area contributed by atoms with Gasteiger partial charge in [-0.25, -0.2) is 0 Å². The molecule has 0 aliphatic carbocycles. The van der Waals surface area contributed by atoms with E-state index >= 15 is 0 Å². The van der Waals surface area contributed by atoms with Crippen LogP contribution < -0.4 is 10.6 Å². The first-order chi connectivity index (χ1) is 24.7. The largest absolute Gasteiger partial charge is 0.389 e. The first-order valence-electron chi connectivity index (χ1n) is 21.7. The molecule has 6 heteroatoms. The SMILES string of the molecule is CCCCCCCCCCCCCCCCOCC(O)CNc1ccc(NCC(O)COCCCCCCCCCCCCCCCC)cc1. The van der Waals surface area contributed by atoms with Crippen molar-refractivity contribution in [3.05, 3.63) is 24.3 Å². The third-order valence-corrected chi connectivity index (χ3v) is 9.87. The molecule has 0 saturated heterocycles. The summed E-state index contributed by atoms with van der Waals surface area (Å²) in [7, 11) is 0. The number of nitrogens with one attached hydrogen (secondary N) is 2. The second-order valence-corrected chi connectivity index (χ2v) is 15.0. The number of anilines is 2. The molecule has 2 unspecified atom stereocenters. The minimum Gasteiger partial charge on any atom is -0.389 e. The van der Waals surface area contributed by atoms with Crippen molar-refractivity contribution in [3.63, 3.8) is 0 Å². The molecule has 0 aliphatic heterocycles. The molecule has 0 amide bonds. The molecule has 1 aromatic carbocycles. The van der Waals surface area contributed by atoms with Crippen LogP contribution in [0.15, 0.2) is 24.3 Å². The molecule has 4 N–H and O–H groups in total. The maximum atomic E-state index is 10.3. The van der Waals surface area contributed by atoms with Crippen molar-refractivity contribution in [1.82, 2.24) is 0 Å². The molecule has 0 heterocycles. The lowest BCUT2D eigenvalue weighted by Gasteiger charge is -2.15. The van der Waals surface area contributed by atoms with E-state index in [1.807, 2.05) is 24.3 Å². The van der Waals surface area contributed by atoms with Gasteiger partial charge in [0.1, 0.15) is 0 Å². The molecule has 6 nitrogen and oxygen atoms in total. The predicted molar refractivity (Wildman–Crippen MR) is 218 cm³/mol. The molecule has 0 aromatic heterocycles. The van der Waals surface area contributed by atoms with Crippen molar-refractivity contribution in [2.45, 2.75) is 206 Å². The summed E-state index contributed by atoms with van der Waals surface area (Å²) in [6.07, 6.45) is 36.9. The maximum absolute atomic E-state index is 10.3. The van der Waals surface area contributed by atoms with Gasteiger partial charge in [0.05, 0.1) is 25.4 Å². The van der Waals surface area contributed by atoms with Gasteiger partial charge in [-0.15, -0.1) is 0 Å². The topological polar surface area (TPSA) is 83.0 Å². The van der Waals surface area contributed by atoms with Gasteiger partial charge in [0.25, 0.3) is 0 Å². The molecule has 2 atom stereocenters. The lowest BCUT2D eigenvalue weighted by atomic mass is 10.0. The quantitative estimate of drug-likeness (QED) is 0.0509. The van der Waals surface area contributed by atoms with Crippen LogP contribution in [0.5, 0.6) is 0 Å². The molecule has 1 aromatic rings. The summed E-state index contributed by atoms with van der Waals surface area (Å²) < 4.78 is 11.4. The van der Waals surface area contributed by atoms with E-state index in [0.717, 1.165) is 37.4 Å². The maximum Gasteiger partial charge on any atom is 0.0945 e. The first-order valence-corrected chi connectivity index (χ1v) is 21.7. The van der Waals surface area contributed by atoms with Crippen molar-refractivity contribution in [2.24, 2.45) is 0 Å². The summed E-state index contributed by atoms with van der Waals surface area (Å²) in [6.45, 7) is 7.67. The van der Waals surface area contributed by atoms with Gasteiger partial charge in [-0.3, -0.25) is 0 Å². The summed E-state index contributed by atoms with van der Waals surface area (Å²) in [4.78, 5) is 0. The molecule has 0 radical (unpaired) electrons. The number of ether oxygens (including phenoxy) is 2. The standard InChI is InChI=1S/C44H84N2O4/c1-3-5-7-9-11-13-15-17-19-21-23-25-27-29-35-49-39-43(47)37-45-41-31-33-42(34-32-41)46-38-44(48)40-50-36-30-28-26-24-22-20-18-16-14-12-10-8-6-4-2/h31-34,43-48H,3-30,35-40H2,1-2H3. The third-order valence-electron chi connectivity index (χ3n) is 9.87. The van der Waals surface area contributed by atoms with Gasteiger partial charge in [0.2, 0.25) is 0 Å². The van der Waals surface area contributed by atoms with E-state index in [1.165, 1.54) is 167 Å². The predicted octanol–water partition coefficient (Wildman–Crippen LogP) is 12.2. The lowest BCUT2D eigenvalue weighted by molar-refractivity contribution is 0.0416. The van der Waals surface area contributed by atoms with E-state index in [9.17, 15) is 10.2 Å². The van der Waals surface area contributed by atoms with Gasteiger partial charge < -0.3 is 30.3 Å².